The Labute approximate surface area is 61.6 Å². The highest BCUT2D eigenvalue weighted by atomic mass is 16.5. The second-order valence-electron chi connectivity index (χ2n) is 2.32. The van der Waals surface area contributed by atoms with Crippen molar-refractivity contribution in [2.75, 3.05) is 20.3 Å². The average Bonchev–Trinajstić information content (AvgIpc) is 1.98. The van der Waals surface area contributed by atoms with E-state index in [4.69, 9.17) is 14.9 Å². The van der Waals surface area contributed by atoms with E-state index in [2.05, 4.69) is 0 Å². The second-order valence-corrected chi connectivity index (χ2v) is 2.32. The lowest BCUT2D eigenvalue weighted by Crippen LogP contribution is -2.11. The molecule has 1 atom stereocenters. The molecule has 62 valence electrons. The van der Waals surface area contributed by atoms with E-state index in [0.717, 1.165) is 19.4 Å². The lowest BCUT2D eigenvalue weighted by Gasteiger charge is -2.04. The first-order valence-electron chi connectivity index (χ1n) is 3.59. The fraction of sp³-hybridized carbons (Fsp3) is 1.00. The molecule has 0 heterocycles. The van der Waals surface area contributed by atoms with Crippen molar-refractivity contribution in [2.45, 2.75) is 25.4 Å². The number of aliphatic hydroxyl groups is 2. The Morgan fingerprint density at radius 1 is 1.40 bits per heavy atom. The van der Waals surface area contributed by atoms with Crippen molar-refractivity contribution < 1.29 is 14.9 Å². The first-order valence-corrected chi connectivity index (χ1v) is 3.59. The molecule has 0 aliphatic carbocycles. The van der Waals surface area contributed by atoms with Gasteiger partial charge >= 0.3 is 0 Å². The first-order chi connectivity index (χ1) is 4.81. The maximum Gasteiger partial charge on any atom is 0.0771 e. The van der Waals surface area contributed by atoms with Crippen LogP contribution in [0, 0.1) is 0 Å². The Morgan fingerprint density at radius 3 is 2.60 bits per heavy atom. The molecule has 0 spiro atoms. The van der Waals surface area contributed by atoms with Crippen LogP contribution < -0.4 is 0 Å². The standard InChI is InChI=1S/C7H16O3/c1-10-5-3-2-4-7(9)6-8/h7-9H,2-6H2,1H3. The molecule has 0 bridgehead atoms. The predicted molar refractivity (Wildman–Crippen MR) is 38.8 cm³/mol. The van der Waals surface area contributed by atoms with Crippen molar-refractivity contribution >= 4 is 0 Å². The Kier molecular flexibility index (Phi) is 6.91. The van der Waals surface area contributed by atoms with Gasteiger partial charge in [-0.05, 0) is 19.3 Å². The van der Waals surface area contributed by atoms with Crippen molar-refractivity contribution in [2.24, 2.45) is 0 Å². The van der Waals surface area contributed by atoms with Gasteiger partial charge in [0.1, 0.15) is 0 Å². The van der Waals surface area contributed by atoms with Gasteiger partial charge in [-0.3, -0.25) is 0 Å². The van der Waals surface area contributed by atoms with Gasteiger partial charge in [0.25, 0.3) is 0 Å². The molecule has 0 rings (SSSR count). The van der Waals surface area contributed by atoms with Crippen molar-refractivity contribution in [3.63, 3.8) is 0 Å². The van der Waals surface area contributed by atoms with Crippen LogP contribution in [0.2, 0.25) is 0 Å². The normalized spacial score (nSPS) is 13.5. The van der Waals surface area contributed by atoms with E-state index >= 15 is 0 Å². The topological polar surface area (TPSA) is 49.7 Å². The highest BCUT2D eigenvalue weighted by Crippen LogP contribution is 1.99. The SMILES string of the molecule is COCCCCC(O)CO. The molecule has 0 aromatic rings. The van der Waals surface area contributed by atoms with Gasteiger partial charge in [0.2, 0.25) is 0 Å². The van der Waals surface area contributed by atoms with Gasteiger partial charge in [-0.1, -0.05) is 0 Å². The van der Waals surface area contributed by atoms with Crippen molar-refractivity contribution in [1.82, 2.24) is 0 Å². The predicted octanol–water partition coefficient (Wildman–Crippen LogP) is 0.156. The minimum atomic E-state index is -0.545. The van der Waals surface area contributed by atoms with Crippen molar-refractivity contribution in [3.05, 3.63) is 0 Å². The number of hydrogen-bond acceptors (Lipinski definition) is 3. The lowest BCUT2D eigenvalue weighted by atomic mass is 10.2. The van der Waals surface area contributed by atoms with Gasteiger partial charge in [-0.25, -0.2) is 0 Å². The molecule has 2 N–H and O–H groups in total. The monoisotopic (exact) mass is 148 g/mol. The largest absolute Gasteiger partial charge is 0.394 e. The molecule has 0 aromatic carbocycles. The number of rotatable bonds is 6. The van der Waals surface area contributed by atoms with Crippen LogP contribution in [-0.4, -0.2) is 36.6 Å². The van der Waals surface area contributed by atoms with Crippen LogP contribution in [0.3, 0.4) is 0 Å². The molecule has 0 saturated carbocycles. The van der Waals surface area contributed by atoms with Crippen LogP contribution in [-0.2, 0) is 4.74 Å². The number of methoxy groups -OCH3 is 1. The maximum atomic E-state index is 8.87. The summed E-state index contributed by atoms with van der Waals surface area (Å²) in [5, 5.41) is 17.3. The molecule has 3 nitrogen and oxygen atoms in total. The molecule has 10 heavy (non-hydrogen) atoms. The summed E-state index contributed by atoms with van der Waals surface area (Å²) in [4.78, 5) is 0. The van der Waals surface area contributed by atoms with Crippen LogP contribution in [0.25, 0.3) is 0 Å². The van der Waals surface area contributed by atoms with Crippen molar-refractivity contribution in [3.8, 4) is 0 Å². The van der Waals surface area contributed by atoms with E-state index in [0.29, 0.717) is 6.42 Å². The molecule has 0 radical (unpaired) electrons. The zero-order valence-corrected chi connectivity index (χ0v) is 6.42. The van der Waals surface area contributed by atoms with E-state index in [-0.39, 0.29) is 6.61 Å². The first kappa shape index (κ1) is 9.88. The summed E-state index contributed by atoms with van der Waals surface area (Å²) in [6, 6.07) is 0. The van der Waals surface area contributed by atoms with Crippen LogP contribution in [0.1, 0.15) is 19.3 Å². The number of hydrogen-bond donors (Lipinski definition) is 2. The Bertz CT molecular complexity index is 65.9. The molecule has 1 unspecified atom stereocenters. The molecule has 0 aromatic heterocycles. The Morgan fingerprint density at radius 2 is 2.10 bits per heavy atom. The summed E-state index contributed by atoms with van der Waals surface area (Å²) in [6.45, 7) is 0.602. The smallest absolute Gasteiger partial charge is 0.0771 e. The second kappa shape index (κ2) is 6.99. The van der Waals surface area contributed by atoms with Crippen LogP contribution in [0.15, 0.2) is 0 Å². The summed E-state index contributed by atoms with van der Waals surface area (Å²) >= 11 is 0. The van der Waals surface area contributed by atoms with Gasteiger partial charge in [0, 0.05) is 13.7 Å². The van der Waals surface area contributed by atoms with Gasteiger partial charge in [0.05, 0.1) is 12.7 Å². The highest BCUT2D eigenvalue weighted by Gasteiger charge is 1.99. The van der Waals surface area contributed by atoms with E-state index in [1.807, 2.05) is 0 Å². The quantitative estimate of drug-likeness (QED) is 0.527. The highest BCUT2D eigenvalue weighted by molar-refractivity contribution is 4.51. The third-order valence-electron chi connectivity index (χ3n) is 1.35. The molecular formula is C7H16O3. The van der Waals surface area contributed by atoms with Gasteiger partial charge in [-0.2, -0.15) is 0 Å². The fourth-order valence-corrected chi connectivity index (χ4v) is 0.718. The summed E-state index contributed by atoms with van der Waals surface area (Å²) in [5.74, 6) is 0. The zero-order valence-electron chi connectivity index (χ0n) is 6.42. The Balaban J connectivity index is 2.89. The number of aliphatic hydroxyl groups excluding tert-OH is 2. The minimum absolute atomic E-state index is 0.132. The summed E-state index contributed by atoms with van der Waals surface area (Å²) in [7, 11) is 1.66. The Hall–Kier alpha value is -0.120. The third kappa shape index (κ3) is 6.01. The van der Waals surface area contributed by atoms with Gasteiger partial charge < -0.3 is 14.9 Å². The summed E-state index contributed by atoms with van der Waals surface area (Å²) in [6.07, 6.45) is 1.99. The van der Waals surface area contributed by atoms with E-state index in [1.165, 1.54) is 0 Å². The van der Waals surface area contributed by atoms with Gasteiger partial charge in [-0.15, -0.1) is 0 Å². The van der Waals surface area contributed by atoms with Crippen molar-refractivity contribution in [1.29, 1.82) is 0 Å². The molecule has 3 heteroatoms. The summed E-state index contributed by atoms with van der Waals surface area (Å²) in [5.41, 5.74) is 0. The molecule has 0 aliphatic rings. The average molecular weight is 148 g/mol. The minimum Gasteiger partial charge on any atom is -0.394 e. The molecule has 0 saturated heterocycles. The van der Waals surface area contributed by atoms with E-state index in [9.17, 15) is 0 Å². The molecule has 0 aliphatic heterocycles. The molecule has 0 fully saturated rings. The lowest BCUT2D eigenvalue weighted by molar-refractivity contribution is 0.0835. The summed E-state index contributed by atoms with van der Waals surface area (Å²) < 4.78 is 4.81. The van der Waals surface area contributed by atoms with Crippen LogP contribution in [0.4, 0.5) is 0 Å². The van der Waals surface area contributed by atoms with E-state index < -0.39 is 6.10 Å². The van der Waals surface area contributed by atoms with Gasteiger partial charge in [0.15, 0.2) is 0 Å². The fourth-order valence-electron chi connectivity index (χ4n) is 0.718. The van der Waals surface area contributed by atoms with E-state index in [1.54, 1.807) is 7.11 Å². The zero-order chi connectivity index (χ0) is 7.82. The number of unbranched alkanes of at least 4 members (excludes halogenated alkanes) is 1. The number of ether oxygens (including phenoxy) is 1. The van der Waals surface area contributed by atoms with Crippen LogP contribution in [0.5, 0.6) is 0 Å². The van der Waals surface area contributed by atoms with Crippen LogP contribution >= 0.6 is 0 Å². The maximum absolute atomic E-state index is 8.87. The third-order valence-corrected chi connectivity index (χ3v) is 1.35. The molecule has 0 amide bonds. The molecular weight excluding hydrogens is 132 g/mol.